The first-order chi connectivity index (χ1) is 10.2. The lowest BCUT2D eigenvalue weighted by Gasteiger charge is -2.19. The van der Waals surface area contributed by atoms with Gasteiger partial charge in [-0.25, -0.2) is 0 Å². The molecule has 1 unspecified atom stereocenters. The van der Waals surface area contributed by atoms with Gasteiger partial charge >= 0.3 is 0 Å². The van der Waals surface area contributed by atoms with Crippen LogP contribution in [-0.2, 0) is 0 Å². The Morgan fingerprint density at radius 2 is 1.43 bits per heavy atom. The van der Waals surface area contributed by atoms with Gasteiger partial charge in [0.1, 0.15) is 0 Å². The summed E-state index contributed by atoms with van der Waals surface area (Å²) in [6.07, 6.45) is 3.21. The third-order valence-corrected chi connectivity index (χ3v) is 3.23. The molecule has 1 aromatic carbocycles. The molecule has 0 spiro atoms. The molecule has 1 rings (SSSR count). The second-order valence-electron chi connectivity index (χ2n) is 4.89. The van der Waals surface area contributed by atoms with E-state index >= 15 is 0 Å². The fraction of sp³-hybridized carbons (Fsp3) is 0.647. The van der Waals surface area contributed by atoms with Gasteiger partial charge in [-0.05, 0) is 44.9 Å². The van der Waals surface area contributed by atoms with Crippen molar-refractivity contribution in [3.8, 4) is 17.2 Å². The number of unbranched alkanes of at least 4 members (excludes halogenated alkanes) is 1. The average molecular weight is 295 g/mol. The summed E-state index contributed by atoms with van der Waals surface area (Å²) in [5.74, 6) is 2.10. The van der Waals surface area contributed by atoms with E-state index in [0.29, 0.717) is 37.1 Å². The van der Waals surface area contributed by atoms with Crippen molar-refractivity contribution in [3.05, 3.63) is 17.7 Å². The first kappa shape index (κ1) is 17.6. The zero-order valence-corrected chi connectivity index (χ0v) is 13.8. The SMILES string of the molecule is CCCCC(N)c1cc(OCC)c(OCC)c(OCC)c1. The Hall–Kier alpha value is -1.42. The van der Waals surface area contributed by atoms with Crippen molar-refractivity contribution in [1.29, 1.82) is 0 Å². The highest BCUT2D eigenvalue weighted by molar-refractivity contribution is 5.54. The Morgan fingerprint density at radius 1 is 0.905 bits per heavy atom. The number of benzene rings is 1. The minimum absolute atomic E-state index is 0.000890. The topological polar surface area (TPSA) is 53.7 Å². The van der Waals surface area contributed by atoms with Crippen LogP contribution in [0.4, 0.5) is 0 Å². The van der Waals surface area contributed by atoms with Gasteiger partial charge in [0, 0.05) is 6.04 Å². The van der Waals surface area contributed by atoms with Gasteiger partial charge in [-0.15, -0.1) is 0 Å². The second kappa shape index (κ2) is 9.50. The third kappa shape index (κ3) is 5.12. The van der Waals surface area contributed by atoms with E-state index in [-0.39, 0.29) is 6.04 Å². The Bertz CT molecular complexity index is 393. The molecule has 0 radical (unpaired) electrons. The van der Waals surface area contributed by atoms with Crippen LogP contribution in [0.15, 0.2) is 12.1 Å². The van der Waals surface area contributed by atoms with Crippen LogP contribution in [-0.4, -0.2) is 19.8 Å². The second-order valence-corrected chi connectivity index (χ2v) is 4.89. The van der Waals surface area contributed by atoms with E-state index in [1.54, 1.807) is 0 Å². The van der Waals surface area contributed by atoms with Crippen LogP contribution < -0.4 is 19.9 Å². The lowest BCUT2D eigenvalue weighted by atomic mass is 10.0. The molecule has 0 aliphatic heterocycles. The van der Waals surface area contributed by atoms with Crippen LogP contribution in [0.5, 0.6) is 17.2 Å². The number of hydrogen-bond acceptors (Lipinski definition) is 4. The minimum Gasteiger partial charge on any atom is -0.490 e. The molecular weight excluding hydrogens is 266 g/mol. The Kier molecular flexibility index (Phi) is 7.98. The summed E-state index contributed by atoms with van der Waals surface area (Å²) in [5.41, 5.74) is 7.32. The van der Waals surface area contributed by atoms with Crippen molar-refractivity contribution in [2.45, 2.75) is 53.0 Å². The molecule has 0 aliphatic carbocycles. The molecule has 0 bridgehead atoms. The summed E-state index contributed by atoms with van der Waals surface area (Å²) < 4.78 is 17.1. The van der Waals surface area contributed by atoms with E-state index in [1.807, 2.05) is 32.9 Å². The molecule has 0 aromatic heterocycles. The molecule has 4 nitrogen and oxygen atoms in total. The lowest BCUT2D eigenvalue weighted by molar-refractivity contribution is 0.260. The van der Waals surface area contributed by atoms with Crippen LogP contribution in [0.2, 0.25) is 0 Å². The Labute approximate surface area is 128 Å². The van der Waals surface area contributed by atoms with Crippen molar-refractivity contribution in [2.75, 3.05) is 19.8 Å². The fourth-order valence-corrected chi connectivity index (χ4v) is 2.21. The average Bonchev–Trinajstić information content (AvgIpc) is 2.48. The smallest absolute Gasteiger partial charge is 0.203 e. The van der Waals surface area contributed by atoms with E-state index in [0.717, 1.165) is 24.8 Å². The molecule has 2 N–H and O–H groups in total. The van der Waals surface area contributed by atoms with Crippen molar-refractivity contribution < 1.29 is 14.2 Å². The standard InChI is InChI=1S/C17H29NO3/c1-5-9-10-14(18)13-11-15(19-6-2)17(21-8-4)16(12-13)20-7-3/h11-12,14H,5-10,18H2,1-4H3. The first-order valence-corrected chi connectivity index (χ1v) is 7.99. The summed E-state index contributed by atoms with van der Waals surface area (Å²) in [4.78, 5) is 0. The molecule has 4 heteroatoms. The van der Waals surface area contributed by atoms with Crippen molar-refractivity contribution in [2.24, 2.45) is 5.73 Å². The third-order valence-electron chi connectivity index (χ3n) is 3.23. The van der Waals surface area contributed by atoms with Gasteiger partial charge in [-0.2, -0.15) is 0 Å². The number of nitrogens with two attached hydrogens (primary N) is 1. The fourth-order valence-electron chi connectivity index (χ4n) is 2.21. The monoisotopic (exact) mass is 295 g/mol. The highest BCUT2D eigenvalue weighted by Gasteiger charge is 2.17. The molecule has 0 saturated heterocycles. The van der Waals surface area contributed by atoms with Crippen molar-refractivity contribution in [3.63, 3.8) is 0 Å². The summed E-state index contributed by atoms with van der Waals surface area (Å²) >= 11 is 0. The van der Waals surface area contributed by atoms with Gasteiger partial charge < -0.3 is 19.9 Å². The van der Waals surface area contributed by atoms with Crippen LogP contribution >= 0.6 is 0 Å². The minimum atomic E-state index is -0.000890. The summed E-state index contributed by atoms with van der Waals surface area (Å²) in [5, 5.41) is 0. The highest BCUT2D eigenvalue weighted by atomic mass is 16.5. The first-order valence-electron chi connectivity index (χ1n) is 7.99. The van der Waals surface area contributed by atoms with Crippen LogP contribution in [0.1, 0.15) is 58.6 Å². The lowest BCUT2D eigenvalue weighted by Crippen LogP contribution is -2.12. The highest BCUT2D eigenvalue weighted by Crippen LogP contribution is 2.40. The van der Waals surface area contributed by atoms with Crippen molar-refractivity contribution >= 4 is 0 Å². The van der Waals surface area contributed by atoms with E-state index in [9.17, 15) is 0 Å². The van der Waals surface area contributed by atoms with Crippen molar-refractivity contribution in [1.82, 2.24) is 0 Å². The molecule has 0 saturated carbocycles. The molecule has 0 aliphatic rings. The number of ether oxygens (including phenoxy) is 3. The number of rotatable bonds is 10. The van der Waals surface area contributed by atoms with Gasteiger partial charge in [0.05, 0.1) is 19.8 Å². The van der Waals surface area contributed by atoms with Crippen LogP contribution in [0.3, 0.4) is 0 Å². The van der Waals surface area contributed by atoms with Gasteiger partial charge in [-0.1, -0.05) is 19.8 Å². The van der Waals surface area contributed by atoms with E-state index in [4.69, 9.17) is 19.9 Å². The summed E-state index contributed by atoms with van der Waals surface area (Å²) in [6, 6.07) is 3.97. The van der Waals surface area contributed by atoms with Gasteiger partial charge in [0.25, 0.3) is 0 Å². The predicted molar refractivity (Wildman–Crippen MR) is 86.4 cm³/mol. The molecule has 21 heavy (non-hydrogen) atoms. The zero-order valence-electron chi connectivity index (χ0n) is 13.8. The predicted octanol–water partition coefficient (Wildman–Crippen LogP) is 4.07. The maximum Gasteiger partial charge on any atom is 0.203 e. The van der Waals surface area contributed by atoms with Crippen LogP contribution in [0.25, 0.3) is 0 Å². The number of hydrogen-bond donors (Lipinski definition) is 1. The quantitative estimate of drug-likeness (QED) is 0.707. The maximum absolute atomic E-state index is 6.28. The van der Waals surface area contributed by atoms with Gasteiger partial charge in [0.15, 0.2) is 11.5 Å². The van der Waals surface area contributed by atoms with Gasteiger partial charge in [0.2, 0.25) is 5.75 Å². The van der Waals surface area contributed by atoms with E-state index in [2.05, 4.69) is 6.92 Å². The Balaban J connectivity index is 3.14. The summed E-state index contributed by atoms with van der Waals surface area (Å²) in [6.45, 7) is 9.77. The molecule has 0 heterocycles. The largest absolute Gasteiger partial charge is 0.490 e. The van der Waals surface area contributed by atoms with E-state index < -0.39 is 0 Å². The van der Waals surface area contributed by atoms with Crippen LogP contribution in [0, 0.1) is 0 Å². The normalized spacial score (nSPS) is 12.0. The molecular formula is C17H29NO3. The maximum atomic E-state index is 6.28. The molecule has 1 atom stereocenters. The molecule has 0 fully saturated rings. The summed E-state index contributed by atoms with van der Waals surface area (Å²) in [7, 11) is 0. The van der Waals surface area contributed by atoms with Gasteiger partial charge in [-0.3, -0.25) is 0 Å². The molecule has 0 amide bonds. The van der Waals surface area contributed by atoms with E-state index in [1.165, 1.54) is 0 Å². The molecule has 120 valence electrons. The molecule has 1 aromatic rings. The Morgan fingerprint density at radius 3 is 1.86 bits per heavy atom. The zero-order chi connectivity index (χ0) is 15.7.